The number of fused-ring (bicyclic) bond motifs is 1. The van der Waals surface area contributed by atoms with Crippen LogP contribution in [0, 0.1) is 6.92 Å². The molecule has 1 amide bonds. The van der Waals surface area contributed by atoms with E-state index in [1.807, 2.05) is 6.92 Å². The molecule has 0 radical (unpaired) electrons. The quantitative estimate of drug-likeness (QED) is 0.596. The summed E-state index contributed by atoms with van der Waals surface area (Å²) in [5, 5.41) is 2.87. The van der Waals surface area contributed by atoms with Crippen LogP contribution in [0.25, 0.3) is 0 Å². The number of aromatic amines is 1. The highest BCUT2D eigenvalue weighted by atomic mass is 16.5. The predicted octanol–water partition coefficient (Wildman–Crippen LogP) is 2.31. The van der Waals surface area contributed by atoms with E-state index in [0.29, 0.717) is 30.6 Å². The molecule has 1 aliphatic carbocycles. The normalized spacial score (nSPS) is 13.6. The molecule has 0 fully saturated rings. The number of hydrogen-bond donors (Lipinski definition) is 2. The number of methoxy groups -OCH3 is 1. The molecule has 1 heterocycles. The Balaban J connectivity index is 1.80. The number of rotatable bonds is 7. The highest BCUT2D eigenvalue weighted by Crippen LogP contribution is 2.26. The molecule has 0 aromatic carbocycles. The maximum Gasteiger partial charge on any atom is 0.305 e. The molecule has 0 atom stereocenters. The molecule has 126 valence electrons. The van der Waals surface area contributed by atoms with Gasteiger partial charge in [-0.1, -0.05) is 6.42 Å². The molecule has 1 aromatic heterocycles. The van der Waals surface area contributed by atoms with Crippen molar-refractivity contribution in [1.82, 2.24) is 10.3 Å². The maximum absolute atomic E-state index is 12.2. The molecule has 0 bridgehead atoms. The van der Waals surface area contributed by atoms with E-state index in [1.54, 1.807) is 0 Å². The number of Topliss-reactive ketones (excluding diaryl/α,β-unsaturated/α-hetero) is 1. The van der Waals surface area contributed by atoms with Crippen molar-refractivity contribution in [3.05, 3.63) is 22.5 Å². The number of hydrogen-bond acceptors (Lipinski definition) is 4. The Morgan fingerprint density at radius 3 is 2.70 bits per heavy atom. The molecule has 1 aliphatic rings. The fourth-order valence-electron chi connectivity index (χ4n) is 2.96. The summed E-state index contributed by atoms with van der Waals surface area (Å²) < 4.78 is 4.57. The topological polar surface area (TPSA) is 88.3 Å². The van der Waals surface area contributed by atoms with Crippen LogP contribution in [-0.2, 0) is 16.0 Å². The number of carbonyl (C=O) groups is 3. The van der Waals surface area contributed by atoms with Gasteiger partial charge in [0.05, 0.1) is 7.11 Å². The van der Waals surface area contributed by atoms with Crippen LogP contribution in [-0.4, -0.2) is 36.3 Å². The molecule has 23 heavy (non-hydrogen) atoms. The summed E-state index contributed by atoms with van der Waals surface area (Å²) in [6.07, 6.45) is 5.06. The number of esters is 1. The van der Waals surface area contributed by atoms with Crippen molar-refractivity contribution < 1.29 is 19.1 Å². The monoisotopic (exact) mass is 320 g/mol. The summed E-state index contributed by atoms with van der Waals surface area (Å²) in [6.45, 7) is 2.38. The first-order chi connectivity index (χ1) is 11.0. The summed E-state index contributed by atoms with van der Waals surface area (Å²) in [6, 6.07) is 0. The molecule has 0 saturated carbocycles. The maximum atomic E-state index is 12.2. The first-order valence-electron chi connectivity index (χ1n) is 8.14. The zero-order valence-electron chi connectivity index (χ0n) is 13.8. The van der Waals surface area contributed by atoms with Crippen LogP contribution in [0.2, 0.25) is 0 Å². The Morgan fingerprint density at radius 1 is 1.22 bits per heavy atom. The van der Waals surface area contributed by atoms with Crippen molar-refractivity contribution in [2.75, 3.05) is 13.7 Å². The van der Waals surface area contributed by atoms with E-state index in [1.165, 1.54) is 7.11 Å². The third kappa shape index (κ3) is 4.21. The fourth-order valence-corrected chi connectivity index (χ4v) is 2.96. The van der Waals surface area contributed by atoms with Gasteiger partial charge in [-0.25, -0.2) is 0 Å². The number of H-pyrrole nitrogens is 1. The number of unbranched alkanes of at least 4 members (excludes halogenated alkanes) is 2. The highest BCUT2D eigenvalue weighted by Gasteiger charge is 2.26. The number of nitrogens with one attached hydrogen (secondary N) is 2. The Kier molecular flexibility index (Phi) is 5.96. The standard InChI is InChI=1S/C17H24N2O4/c1-11-15-12(7-6-8-13(15)20)19-16(11)17(22)18-10-5-3-4-9-14(21)23-2/h19H,3-10H2,1-2H3,(H,18,22). The number of amides is 1. The second kappa shape index (κ2) is 7.94. The van der Waals surface area contributed by atoms with Crippen LogP contribution >= 0.6 is 0 Å². The lowest BCUT2D eigenvalue weighted by atomic mass is 9.94. The molecular formula is C17H24N2O4. The second-order valence-corrected chi connectivity index (χ2v) is 5.90. The first-order valence-corrected chi connectivity index (χ1v) is 8.14. The Labute approximate surface area is 136 Å². The Hall–Kier alpha value is -2.11. The van der Waals surface area contributed by atoms with E-state index in [-0.39, 0.29) is 17.7 Å². The van der Waals surface area contributed by atoms with E-state index < -0.39 is 0 Å². The number of carbonyl (C=O) groups excluding carboxylic acids is 3. The third-order valence-corrected chi connectivity index (χ3v) is 4.24. The molecule has 6 nitrogen and oxygen atoms in total. The van der Waals surface area contributed by atoms with E-state index in [2.05, 4.69) is 15.0 Å². The van der Waals surface area contributed by atoms with Crippen molar-refractivity contribution in [1.29, 1.82) is 0 Å². The lowest BCUT2D eigenvalue weighted by Gasteiger charge is -2.09. The van der Waals surface area contributed by atoms with Crippen LogP contribution in [0.1, 0.15) is 70.6 Å². The zero-order valence-corrected chi connectivity index (χ0v) is 13.8. The van der Waals surface area contributed by atoms with Crippen molar-refractivity contribution >= 4 is 17.7 Å². The molecule has 0 aliphatic heterocycles. The Morgan fingerprint density at radius 2 is 2.00 bits per heavy atom. The smallest absolute Gasteiger partial charge is 0.305 e. The first kappa shape index (κ1) is 17.2. The molecular weight excluding hydrogens is 296 g/mol. The van der Waals surface area contributed by atoms with Crippen LogP contribution < -0.4 is 5.32 Å². The van der Waals surface area contributed by atoms with Crippen LogP contribution in [0.3, 0.4) is 0 Å². The molecule has 0 saturated heterocycles. The Bertz CT molecular complexity index is 604. The second-order valence-electron chi connectivity index (χ2n) is 5.90. The van der Waals surface area contributed by atoms with Crippen molar-refractivity contribution in [2.24, 2.45) is 0 Å². The molecule has 6 heteroatoms. The van der Waals surface area contributed by atoms with Gasteiger partial charge in [0.15, 0.2) is 5.78 Å². The van der Waals surface area contributed by atoms with Gasteiger partial charge in [-0.05, 0) is 38.2 Å². The summed E-state index contributed by atoms with van der Waals surface area (Å²) in [7, 11) is 1.38. The van der Waals surface area contributed by atoms with Gasteiger partial charge in [0.1, 0.15) is 5.69 Å². The van der Waals surface area contributed by atoms with Crippen molar-refractivity contribution in [3.8, 4) is 0 Å². The van der Waals surface area contributed by atoms with Crippen molar-refractivity contribution in [3.63, 3.8) is 0 Å². The summed E-state index contributed by atoms with van der Waals surface area (Å²) in [4.78, 5) is 38.3. The number of aromatic nitrogens is 1. The number of ketones is 1. The largest absolute Gasteiger partial charge is 0.469 e. The lowest BCUT2D eigenvalue weighted by Crippen LogP contribution is -2.25. The summed E-state index contributed by atoms with van der Waals surface area (Å²) in [5.41, 5.74) is 2.86. The SMILES string of the molecule is COC(=O)CCCCCNC(=O)c1[nH]c2c(c1C)C(=O)CCC2. The number of ether oxygens (including phenoxy) is 1. The minimum absolute atomic E-state index is 0.127. The van der Waals surface area contributed by atoms with Crippen LogP contribution in [0.4, 0.5) is 0 Å². The van der Waals surface area contributed by atoms with Crippen LogP contribution in [0.5, 0.6) is 0 Å². The third-order valence-electron chi connectivity index (χ3n) is 4.24. The minimum atomic E-state index is -0.203. The predicted molar refractivity (Wildman–Crippen MR) is 85.6 cm³/mol. The molecule has 2 rings (SSSR count). The van der Waals surface area contributed by atoms with E-state index in [9.17, 15) is 14.4 Å². The molecule has 0 spiro atoms. The van der Waals surface area contributed by atoms with Crippen molar-refractivity contribution in [2.45, 2.75) is 51.9 Å². The lowest BCUT2D eigenvalue weighted by molar-refractivity contribution is -0.140. The molecule has 0 unspecified atom stereocenters. The average molecular weight is 320 g/mol. The molecule has 2 N–H and O–H groups in total. The fraction of sp³-hybridized carbons (Fsp3) is 0.588. The van der Waals surface area contributed by atoms with Gasteiger partial charge in [0.25, 0.3) is 5.91 Å². The number of aryl methyl sites for hydroxylation is 1. The van der Waals surface area contributed by atoms with Gasteiger partial charge >= 0.3 is 5.97 Å². The van der Waals surface area contributed by atoms with Gasteiger partial charge < -0.3 is 15.0 Å². The van der Waals surface area contributed by atoms with Gasteiger partial charge in [-0.3, -0.25) is 14.4 Å². The van der Waals surface area contributed by atoms with Gasteiger partial charge in [-0.15, -0.1) is 0 Å². The van der Waals surface area contributed by atoms with Gasteiger partial charge in [0.2, 0.25) is 0 Å². The van der Waals surface area contributed by atoms with Crippen LogP contribution in [0.15, 0.2) is 0 Å². The van der Waals surface area contributed by atoms with E-state index in [0.717, 1.165) is 43.4 Å². The zero-order chi connectivity index (χ0) is 16.8. The van der Waals surface area contributed by atoms with Gasteiger partial charge in [0, 0.05) is 30.6 Å². The van der Waals surface area contributed by atoms with E-state index in [4.69, 9.17) is 0 Å². The van der Waals surface area contributed by atoms with Gasteiger partial charge in [-0.2, -0.15) is 0 Å². The molecule has 1 aromatic rings. The summed E-state index contributed by atoms with van der Waals surface area (Å²) >= 11 is 0. The highest BCUT2D eigenvalue weighted by molar-refractivity contribution is 6.04. The average Bonchev–Trinajstić information content (AvgIpc) is 2.88. The van der Waals surface area contributed by atoms with E-state index >= 15 is 0 Å². The minimum Gasteiger partial charge on any atom is -0.469 e. The summed E-state index contributed by atoms with van der Waals surface area (Å²) in [5.74, 6) is -0.245.